The molecule has 0 spiro atoms. The highest BCUT2D eigenvalue weighted by Crippen LogP contribution is 2.19. The van der Waals surface area contributed by atoms with Gasteiger partial charge in [-0.2, -0.15) is 0 Å². The Labute approximate surface area is 148 Å². The highest BCUT2D eigenvalue weighted by molar-refractivity contribution is 6.02. The first-order valence-electron chi connectivity index (χ1n) is 7.54. The van der Waals surface area contributed by atoms with Gasteiger partial charge in [-0.1, -0.05) is 6.07 Å². The summed E-state index contributed by atoms with van der Waals surface area (Å²) in [5.74, 6) is -3.62. The maximum absolute atomic E-state index is 13.6. The van der Waals surface area contributed by atoms with Crippen LogP contribution in [0.25, 0.3) is 0 Å². The Balaban J connectivity index is 2.16. The van der Waals surface area contributed by atoms with Crippen molar-refractivity contribution in [2.45, 2.75) is 6.92 Å². The van der Waals surface area contributed by atoms with Crippen LogP contribution in [0.5, 0.6) is 0 Å². The van der Waals surface area contributed by atoms with Crippen LogP contribution < -0.4 is 10.2 Å². The number of nitrogens with zero attached hydrogens (tertiary/aromatic N) is 1. The van der Waals surface area contributed by atoms with Crippen LogP contribution in [0.15, 0.2) is 42.5 Å². The van der Waals surface area contributed by atoms with E-state index in [-0.39, 0.29) is 5.56 Å². The molecular weight excluding hydrogens is 346 g/mol. The summed E-state index contributed by atoms with van der Waals surface area (Å²) < 4.78 is 31.8. The molecule has 0 heterocycles. The predicted octanol–water partition coefficient (Wildman–Crippen LogP) is 2.74. The molecule has 6 nitrogen and oxygen atoms in total. The molecule has 0 unspecified atom stereocenters. The van der Waals surface area contributed by atoms with E-state index in [4.69, 9.17) is 0 Å². The summed E-state index contributed by atoms with van der Waals surface area (Å²) >= 11 is 0. The van der Waals surface area contributed by atoms with Crippen molar-refractivity contribution in [1.82, 2.24) is 0 Å². The minimum atomic E-state index is -0.921. The molecule has 0 atom stereocenters. The van der Waals surface area contributed by atoms with Crippen LogP contribution in [0, 0.1) is 11.6 Å². The number of ether oxygens (including phenoxy) is 1. The molecule has 2 aromatic carbocycles. The number of carbonyl (C=O) groups excluding carboxylic acids is 3. The third-order valence-corrected chi connectivity index (χ3v) is 3.51. The lowest BCUT2D eigenvalue weighted by Crippen LogP contribution is -2.37. The summed E-state index contributed by atoms with van der Waals surface area (Å²) in [6, 6.07) is 8.98. The molecule has 0 aliphatic heterocycles. The average molecular weight is 362 g/mol. The number of amides is 2. The number of hydrogen-bond donors (Lipinski definition) is 1. The second-order valence-corrected chi connectivity index (χ2v) is 5.29. The minimum Gasteiger partial charge on any atom is -0.465 e. The zero-order valence-corrected chi connectivity index (χ0v) is 14.1. The van der Waals surface area contributed by atoms with Gasteiger partial charge in [0.15, 0.2) is 0 Å². The van der Waals surface area contributed by atoms with E-state index >= 15 is 0 Å². The fourth-order valence-electron chi connectivity index (χ4n) is 2.22. The summed E-state index contributed by atoms with van der Waals surface area (Å²) in [7, 11) is 1.24. The molecule has 1 N–H and O–H groups in total. The van der Waals surface area contributed by atoms with E-state index in [9.17, 15) is 23.2 Å². The van der Waals surface area contributed by atoms with Crippen LogP contribution in [0.4, 0.5) is 20.2 Å². The molecule has 0 aromatic heterocycles. The Morgan fingerprint density at radius 1 is 1.04 bits per heavy atom. The van der Waals surface area contributed by atoms with Gasteiger partial charge in [0.05, 0.1) is 12.7 Å². The zero-order valence-electron chi connectivity index (χ0n) is 14.1. The standard InChI is InChI=1S/C18H16F2N2O4/c1-11(23)22(13-8-6-12(7-9-13)18(25)26-2)10-16(24)21-17-14(19)4-3-5-15(17)20/h3-9H,10H2,1-2H3,(H,21,24). The molecule has 0 aliphatic rings. The Bertz CT molecular complexity index is 817. The third-order valence-electron chi connectivity index (χ3n) is 3.51. The van der Waals surface area contributed by atoms with Crippen molar-refractivity contribution < 1.29 is 27.9 Å². The van der Waals surface area contributed by atoms with E-state index in [1.165, 1.54) is 44.4 Å². The van der Waals surface area contributed by atoms with Crippen LogP contribution in [0.3, 0.4) is 0 Å². The number of anilines is 2. The van der Waals surface area contributed by atoms with E-state index in [0.717, 1.165) is 17.0 Å². The second kappa shape index (κ2) is 8.19. The van der Waals surface area contributed by atoms with Crippen LogP contribution >= 0.6 is 0 Å². The number of benzene rings is 2. The van der Waals surface area contributed by atoms with Gasteiger partial charge in [-0.25, -0.2) is 13.6 Å². The number of rotatable bonds is 5. The number of carbonyl (C=O) groups is 3. The maximum Gasteiger partial charge on any atom is 0.337 e. The van der Waals surface area contributed by atoms with Gasteiger partial charge in [0, 0.05) is 12.6 Å². The molecule has 2 aromatic rings. The molecule has 0 bridgehead atoms. The maximum atomic E-state index is 13.6. The molecular formula is C18H16F2N2O4. The van der Waals surface area contributed by atoms with E-state index in [1.54, 1.807) is 0 Å². The van der Waals surface area contributed by atoms with Crippen LogP contribution in [-0.2, 0) is 14.3 Å². The Morgan fingerprint density at radius 3 is 2.12 bits per heavy atom. The number of nitrogens with one attached hydrogen (secondary N) is 1. The van der Waals surface area contributed by atoms with Crippen LogP contribution in [0.2, 0.25) is 0 Å². The molecule has 0 saturated carbocycles. The van der Waals surface area contributed by atoms with Gasteiger partial charge in [0.1, 0.15) is 23.9 Å². The fraction of sp³-hybridized carbons (Fsp3) is 0.167. The number of hydrogen-bond acceptors (Lipinski definition) is 4. The van der Waals surface area contributed by atoms with E-state index in [2.05, 4.69) is 10.1 Å². The highest BCUT2D eigenvalue weighted by atomic mass is 19.1. The summed E-state index contributed by atoms with van der Waals surface area (Å²) in [6.07, 6.45) is 0. The third kappa shape index (κ3) is 4.41. The number of methoxy groups -OCH3 is 1. The van der Waals surface area contributed by atoms with Gasteiger partial charge >= 0.3 is 5.97 Å². The van der Waals surface area contributed by atoms with Gasteiger partial charge in [-0.05, 0) is 36.4 Å². The van der Waals surface area contributed by atoms with Gasteiger partial charge < -0.3 is 15.0 Å². The van der Waals surface area contributed by atoms with Crippen LogP contribution in [-0.4, -0.2) is 31.4 Å². The molecule has 2 rings (SSSR count). The van der Waals surface area contributed by atoms with Crippen molar-refractivity contribution in [3.63, 3.8) is 0 Å². The lowest BCUT2D eigenvalue weighted by molar-refractivity contribution is -0.120. The topological polar surface area (TPSA) is 75.7 Å². The normalized spacial score (nSPS) is 10.2. The predicted molar refractivity (Wildman–Crippen MR) is 90.8 cm³/mol. The monoisotopic (exact) mass is 362 g/mol. The van der Waals surface area contributed by atoms with Crippen molar-refractivity contribution in [1.29, 1.82) is 0 Å². The van der Waals surface area contributed by atoms with E-state index < -0.39 is 41.7 Å². The molecule has 0 fully saturated rings. The van der Waals surface area contributed by atoms with E-state index in [0.29, 0.717) is 5.69 Å². The molecule has 2 amide bonds. The molecule has 0 radical (unpaired) electrons. The van der Waals surface area contributed by atoms with Crippen molar-refractivity contribution in [2.24, 2.45) is 0 Å². The first-order chi connectivity index (χ1) is 12.3. The molecule has 0 aliphatic carbocycles. The largest absolute Gasteiger partial charge is 0.465 e. The van der Waals surface area contributed by atoms with Gasteiger partial charge in [-0.3, -0.25) is 9.59 Å². The number of esters is 1. The number of para-hydroxylation sites is 1. The van der Waals surface area contributed by atoms with Crippen LogP contribution in [0.1, 0.15) is 17.3 Å². The quantitative estimate of drug-likeness (QED) is 0.830. The summed E-state index contributed by atoms with van der Waals surface area (Å²) in [5, 5.41) is 2.12. The minimum absolute atomic E-state index is 0.276. The Kier molecular flexibility index (Phi) is 6.00. The first kappa shape index (κ1) is 19.0. The summed E-state index contributed by atoms with van der Waals surface area (Å²) in [4.78, 5) is 36.5. The average Bonchev–Trinajstić information content (AvgIpc) is 2.62. The lowest BCUT2D eigenvalue weighted by Gasteiger charge is -2.21. The highest BCUT2D eigenvalue weighted by Gasteiger charge is 2.19. The first-order valence-corrected chi connectivity index (χ1v) is 7.54. The summed E-state index contributed by atoms with van der Waals surface area (Å²) in [5.41, 5.74) is 0.0361. The molecule has 136 valence electrons. The molecule has 8 heteroatoms. The lowest BCUT2D eigenvalue weighted by atomic mass is 10.2. The van der Waals surface area contributed by atoms with Crippen molar-refractivity contribution in [3.8, 4) is 0 Å². The SMILES string of the molecule is COC(=O)c1ccc(N(CC(=O)Nc2c(F)cccc2F)C(C)=O)cc1. The van der Waals surface area contributed by atoms with Crippen molar-refractivity contribution >= 4 is 29.2 Å². The van der Waals surface area contributed by atoms with E-state index in [1.807, 2.05) is 0 Å². The Hall–Kier alpha value is -3.29. The van der Waals surface area contributed by atoms with Crippen molar-refractivity contribution in [3.05, 3.63) is 59.7 Å². The van der Waals surface area contributed by atoms with Gasteiger partial charge in [-0.15, -0.1) is 0 Å². The molecule has 26 heavy (non-hydrogen) atoms. The summed E-state index contributed by atoms with van der Waals surface area (Å²) in [6.45, 7) is 0.784. The van der Waals surface area contributed by atoms with Crippen molar-refractivity contribution in [2.75, 3.05) is 23.9 Å². The number of halogens is 2. The van der Waals surface area contributed by atoms with Gasteiger partial charge in [0.25, 0.3) is 0 Å². The van der Waals surface area contributed by atoms with Gasteiger partial charge in [0.2, 0.25) is 11.8 Å². The molecule has 0 saturated heterocycles. The smallest absolute Gasteiger partial charge is 0.337 e. The fourth-order valence-corrected chi connectivity index (χ4v) is 2.22. The Morgan fingerprint density at radius 2 is 1.62 bits per heavy atom. The second-order valence-electron chi connectivity index (χ2n) is 5.29. The zero-order chi connectivity index (χ0) is 19.3.